The van der Waals surface area contributed by atoms with Gasteiger partial charge in [-0.25, -0.2) is 4.68 Å². The van der Waals surface area contributed by atoms with Crippen LogP contribution in [0, 0.1) is 5.41 Å². The van der Waals surface area contributed by atoms with Crippen LogP contribution in [-0.4, -0.2) is 33.9 Å². The lowest BCUT2D eigenvalue weighted by Crippen LogP contribution is -2.74. The lowest BCUT2D eigenvalue weighted by molar-refractivity contribution is -0.166. The zero-order valence-corrected chi connectivity index (χ0v) is 14.3. The minimum absolute atomic E-state index is 0.0143. The van der Waals surface area contributed by atoms with Crippen LogP contribution in [-0.2, 0) is 9.53 Å². The molecule has 0 radical (unpaired) electrons. The van der Waals surface area contributed by atoms with Crippen molar-refractivity contribution in [1.29, 1.82) is 0 Å². The van der Waals surface area contributed by atoms with Crippen molar-refractivity contribution in [3.63, 3.8) is 0 Å². The largest absolute Gasteiger partial charge is 0.378 e. The first kappa shape index (κ1) is 16.7. The van der Waals surface area contributed by atoms with E-state index in [1.165, 1.54) is 0 Å². The van der Waals surface area contributed by atoms with E-state index in [2.05, 4.69) is 10.4 Å². The van der Waals surface area contributed by atoms with E-state index in [4.69, 9.17) is 10.5 Å². The van der Waals surface area contributed by atoms with E-state index in [0.717, 1.165) is 11.4 Å². The summed E-state index contributed by atoms with van der Waals surface area (Å²) in [6.07, 6.45) is 4.14. The minimum Gasteiger partial charge on any atom is -0.378 e. The number of nitrogens with one attached hydrogen (secondary N) is 1. The molecule has 1 aromatic heterocycles. The second-order valence-electron chi connectivity index (χ2n) is 6.79. The second kappa shape index (κ2) is 6.03. The molecule has 6 nitrogen and oxygen atoms in total. The predicted molar refractivity (Wildman–Crippen MR) is 92.9 cm³/mol. The maximum atomic E-state index is 12.7. The quantitative estimate of drug-likeness (QED) is 0.882. The molecule has 1 aliphatic carbocycles. The van der Waals surface area contributed by atoms with Crippen LogP contribution in [0.1, 0.15) is 27.2 Å². The molecule has 3 N–H and O–H groups in total. The first-order chi connectivity index (χ1) is 11.4. The van der Waals surface area contributed by atoms with Gasteiger partial charge >= 0.3 is 0 Å². The van der Waals surface area contributed by atoms with E-state index < -0.39 is 11.0 Å². The summed E-state index contributed by atoms with van der Waals surface area (Å²) >= 11 is 0. The van der Waals surface area contributed by atoms with Crippen LogP contribution < -0.4 is 11.1 Å². The van der Waals surface area contributed by atoms with Crippen molar-refractivity contribution in [1.82, 2.24) is 9.78 Å². The highest BCUT2D eigenvalue weighted by Gasteiger charge is 2.62. The molecule has 2 unspecified atom stereocenters. The van der Waals surface area contributed by atoms with Gasteiger partial charge in [-0.15, -0.1) is 0 Å². The molecule has 24 heavy (non-hydrogen) atoms. The summed E-state index contributed by atoms with van der Waals surface area (Å²) in [7, 11) is 0. The van der Waals surface area contributed by atoms with Gasteiger partial charge in [-0.3, -0.25) is 4.79 Å². The fourth-order valence-corrected chi connectivity index (χ4v) is 3.18. The third-order valence-electron chi connectivity index (χ3n) is 5.13. The third-order valence-corrected chi connectivity index (χ3v) is 5.13. The topological polar surface area (TPSA) is 82.2 Å². The summed E-state index contributed by atoms with van der Waals surface area (Å²) < 4.78 is 7.44. The summed E-state index contributed by atoms with van der Waals surface area (Å²) in [6.45, 7) is 6.54. The van der Waals surface area contributed by atoms with Gasteiger partial charge in [0.1, 0.15) is 5.54 Å². The molecular weight excluding hydrogens is 304 g/mol. The van der Waals surface area contributed by atoms with Gasteiger partial charge < -0.3 is 15.8 Å². The summed E-state index contributed by atoms with van der Waals surface area (Å²) in [5.41, 5.74) is 6.72. The highest BCUT2D eigenvalue weighted by Crippen LogP contribution is 2.50. The Bertz CT molecular complexity index is 709. The molecule has 128 valence electrons. The Labute approximate surface area is 142 Å². The van der Waals surface area contributed by atoms with Crippen LogP contribution in [0.2, 0.25) is 0 Å². The Morgan fingerprint density at radius 2 is 2.12 bits per heavy atom. The molecule has 0 aliphatic heterocycles. The number of carbonyl (C=O) groups is 1. The predicted octanol–water partition coefficient (Wildman–Crippen LogP) is 2.34. The third kappa shape index (κ3) is 2.61. The van der Waals surface area contributed by atoms with Crippen LogP contribution >= 0.6 is 0 Å². The number of hydrogen-bond acceptors (Lipinski definition) is 4. The number of aromatic nitrogens is 2. The molecule has 1 aliphatic rings. The first-order valence-electron chi connectivity index (χ1n) is 8.20. The highest BCUT2D eigenvalue weighted by atomic mass is 16.5. The van der Waals surface area contributed by atoms with E-state index in [1.807, 2.05) is 57.3 Å². The number of nitrogens with two attached hydrogens (primary N) is 1. The molecule has 1 amide bonds. The van der Waals surface area contributed by atoms with E-state index in [0.29, 0.717) is 13.0 Å². The number of amides is 1. The van der Waals surface area contributed by atoms with Gasteiger partial charge in [0.2, 0.25) is 5.91 Å². The number of benzene rings is 1. The van der Waals surface area contributed by atoms with Gasteiger partial charge in [0.25, 0.3) is 0 Å². The standard InChI is InChI=1S/C18H24N4O2/c1-4-24-15-12-18(19,17(15,2)3)16(23)21-13-6-8-14(9-7-13)22-11-5-10-20-22/h5-11,15H,4,12,19H2,1-3H3,(H,21,23). The summed E-state index contributed by atoms with van der Waals surface area (Å²) in [5, 5.41) is 7.10. The van der Waals surface area contributed by atoms with Crippen molar-refractivity contribution in [3.05, 3.63) is 42.7 Å². The van der Waals surface area contributed by atoms with Crippen LogP contribution in [0.3, 0.4) is 0 Å². The Hall–Kier alpha value is -2.18. The first-order valence-corrected chi connectivity index (χ1v) is 8.20. The van der Waals surface area contributed by atoms with Crippen molar-refractivity contribution in [3.8, 4) is 5.69 Å². The Kier molecular flexibility index (Phi) is 4.19. The highest BCUT2D eigenvalue weighted by molar-refractivity contribution is 5.99. The summed E-state index contributed by atoms with van der Waals surface area (Å²) in [5.74, 6) is -0.171. The number of anilines is 1. The fraction of sp³-hybridized carbons (Fsp3) is 0.444. The average Bonchev–Trinajstić information content (AvgIpc) is 3.09. The van der Waals surface area contributed by atoms with Crippen molar-refractivity contribution in [2.45, 2.75) is 38.8 Å². The lowest BCUT2D eigenvalue weighted by atomic mass is 9.54. The Morgan fingerprint density at radius 1 is 1.42 bits per heavy atom. The Balaban J connectivity index is 1.69. The number of hydrogen-bond donors (Lipinski definition) is 2. The zero-order chi connectivity index (χ0) is 17.4. The molecule has 1 fully saturated rings. The summed E-state index contributed by atoms with van der Waals surface area (Å²) in [4.78, 5) is 12.7. The molecular formula is C18H24N4O2. The van der Waals surface area contributed by atoms with Crippen molar-refractivity contribution < 1.29 is 9.53 Å². The molecule has 3 rings (SSSR count). The smallest absolute Gasteiger partial charge is 0.245 e. The lowest BCUT2D eigenvalue weighted by Gasteiger charge is -2.57. The van der Waals surface area contributed by atoms with Crippen LogP contribution in [0.5, 0.6) is 0 Å². The monoisotopic (exact) mass is 328 g/mol. The van der Waals surface area contributed by atoms with Gasteiger partial charge in [-0.1, -0.05) is 13.8 Å². The van der Waals surface area contributed by atoms with Gasteiger partial charge in [-0.05, 0) is 37.3 Å². The van der Waals surface area contributed by atoms with Gasteiger partial charge in [-0.2, -0.15) is 5.10 Å². The molecule has 2 aromatic rings. The summed E-state index contributed by atoms with van der Waals surface area (Å²) in [6, 6.07) is 9.37. The molecule has 0 bridgehead atoms. The molecule has 1 aromatic carbocycles. The van der Waals surface area contributed by atoms with E-state index in [9.17, 15) is 4.79 Å². The maximum absolute atomic E-state index is 12.7. The molecule has 2 atom stereocenters. The van der Waals surface area contributed by atoms with Crippen molar-refractivity contribution in [2.24, 2.45) is 11.1 Å². The van der Waals surface area contributed by atoms with Gasteiger partial charge in [0.15, 0.2) is 0 Å². The van der Waals surface area contributed by atoms with Crippen LogP contribution in [0.4, 0.5) is 5.69 Å². The van der Waals surface area contributed by atoms with Crippen molar-refractivity contribution in [2.75, 3.05) is 11.9 Å². The maximum Gasteiger partial charge on any atom is 0.245 e. The van der Waals surface area contributed by atoms with E-state index >= 15 is 0 Å². The van der Waals surface area contributed by atoms with E-state index in [1.54, 1.807) is 10.9 Å². The average molecular weight is 328 g/mol. The van der Waals surface area contributed by atoms with E-state index in [-0.39, 0.29) is 12.0 Å². The Morgan fingerprint density at radius 3 is 2.67 bits per heavy atom. The second-order valence-corrected chi connectivity index (χ2v) is 6.79. The molecule has 0 saturated heterocycles. The van der Waals surface area contributed by atoms with Crippen LogP contribution in [0.15, 0.2) is 42.7 Å². The fourth-order valence-electron chi connectivity index (χ4n) is 3.18. The molecule has 1 saturated carbocycles. The molecule has 0 spiro atoms. The van der Waals surface area contributed by atoms with Crippen LogP contribution in [0.25, 0.3) is 5.69 Å². The van der Waals surface area contributed by atoms with Gasteiger partial charge in [0.05, 0.1) is 11.8 Å². The normalized spacial score (nSPS) is 25.1. The number of nitrogens with zero attached hydrogens (tertiary/aromatic N) is 2. The minimum atomic E-state index is -0.923. The molecule has 6 heteroatoms. The van der Waals surface area contributed by atoms with Gasteiger partial charge in [0, 0.05) is 36.5 Å². The number of carbonyl (C=O) groups excluding carboxylic acids is 1. The number of ether oxygens (including phenoxy) is 1. The SMILES string of the molecule is CCOC1CC(N)(C(=O)Nc2ccc(-n3cccn3)cc2)C1(C)C. The molecule has 1 heterocycles. The zero-order valence-electron chi connectivity index (χ0n) is 14.3. The van der Waals surface area contributed by atoms with Crippen molar-refractivity contribution >= 4 is 11.6 Å². The number of rotatable bonds is 5.